The molecule has 2 aromatic heterocycles. The molecule has 0 atom stereocenters. The Bertz CT molecular complexity index is 671. The van der Waals surface area contributed by atoms with E-state index in [-0.39, 0.29) is 0 Å². The maximum Gasteiger partial charge on any atom is 0.202 e. The van der Waals surface area contributed by atoms with E-state index in [4.69, 9.17) is 0 Å². The van der Waals surface area contributed by atoms with E-state index in [0.29, 0.717) is 0 Å². The number of anilines is 1. The van der Waals surface area contributed by atoms with Crippen LogP contribution in [0.1, 0.15) is 17.8 Å². The van der Waals surface area contributed by atoms with Crippen LogP contribution < -0.4 is 5.32 Å². The summed E-state index contributed by atoms with van der Waals surface area (Å²) in [7, 11) is 0. The van der Waals surface area contributed by atoms with Crippen LogP contribution in [-0.4, -0.2) is 20.9 Å². The lowest BCUT2D eigenvalue weighted by molar-refractivity contribution is 0.866. The first-order valence-electron chi connectivity index (χ1n) is 6.42. The van der Waals surface area contributed by atoms with Crippen molar-refractivity contribution < 1.29 is 0 Å². The first kappa shape index (κ1) is 12.2. The van der Waals surface area contributed by atoms with E-state index in [0.717, 1.165) is 30.3 Å². The standard InChI is InChI=1S/C14H16N4S/c1-10-17-14(19-18-10)15-8-4-5-11-9-16-13-7-3-2-6-12(11)13/h2-3,6-7,9,16H,4-5,8H2,1H3,(H,15,17,18). The molecule has 0 radical (unpaired) electrons. The summed E-state index contributed by atoms with van der Waals surface area (Å²) in [6.45, 7) is 2.84. The molecule has 0 aliphatic carbocycles. The van der Waals surface area contributed by atoms with Gasteiger partial charge in [0.25, 0.3) is 0 Å². The molecule has 0 spiro atoms. The summed E-state index contributed by atoms with van der Waals surface area (Å²) in [6, 6.07) is 8.42. The van der Waals surface area contributed by atoms with Gasteiger partial charge in [-0.25, -0.2) is 4.98 Å². The van der Waals surface area contributed by atoms with Crippen molar-refractivity contribution in [2.24, 2.45) is 0 Å². The number of aryl methyl sites for hydroxylation is 2. The first-order chi connectivity index (χ1) is 9.33. The molecule has 3 rings (SSSR count). The predicted molar refractivity (Wildman–Crippen MR) is 79.8 cm³/mol. The van der Waals surface area contributed by atoms with Gasteiger partial charge in [0, 0.05) is 35.2 Å². The summed E-state index contributed by atoms with van der Waals surface area (Å²) in [6.07, 6.45) is 4.26. The van der Waals surface area contributed by atoms with Gasteiger partial charge in [0.15, 0.2) is 0 Å². The molecule has 0 bridgehead atoms. The fraction of sp³-hybridized carbons (Fsp3) is 0.286. The number of nitrogens with one attached hydrogen (secondary N) is 2. The van der Waals surface area contributed by atoms with Gasteiger partial charge in [-0.2, -0.15) is 4.37 Å². The number of aromatic amines is 1. The Labute approximate surface area is 116 Å². The molecule has 2 N–H and O–H groups in total. The quantitative estimate of drug-likeness (QED) is 0.700. The molecule has 0 aliphatic heterocycles. The highest BCUT2D eigenvalue weighted by Crippen LogP contribution is 2.19. The zero-order valence-electron chi connectivity index (χ0n) is 10.8. The highest BCUT2D eigenvalue weighted by molar-refractivity contribution is 7.09. The molecule has 3 aromatic rings. The summed E-state index contributed by atoms with van der Waals surface area (Å²) < 4.78 is 4.15. The largest absolute Gasteiger partial charge is 0.361 e. The first-order valence-corrected chi connectivity index (χ1v) is 7.19. The Morgan fingerprint density at radius 3 is 3.05 bits per heavy atom. The second-order valence-electron chi connectivity index (χ2n) is 4.54. The third-order valence-electron chi connectivity index (χ3n) is 3.10. The van der Waals surface area contributed by atoms with Crippen molar-refractivity contribution in [1.82, 2.24) is 14.3 Å². The van der Waals surface area contributed by atoms with E-state index in [2.05, 4.69) is 50.1 Å². The maximum absolute atomic E-state index is 4.29. The molecule has 0 aliphatic rings. The Balaban J connectivity index is 1.55. The molecule has 0 unspecified atom stereocenters. The van der Waals surface area contributed by atoms with Crippen LogP contribution in [0.5, 0.6) is 0 Å². The van der Waals surface area contributed by atoms with E-state index in [1.807, 2.05) is 6.92 Å². The Morgan fingerprint density at radius 2 is 2.21 bits per heavy atom. The summed E-state index contributed by atoms with van der Waals surface area (Å²) in [4.78, 5) is 7.59. The minimum atomic E-state index is 0.837. The number of aromatic nitrogens is 3. The van der Waals surface area contributed by atoms with Gasteiger partial charge in [-0.05, 0) is 31.4 Å². The van der Waals surface area contributed by atoms with Crippen molar-refractivity contribution in [3.63, 3.8) is 0 Å². The molecule has 2 heterocycles. The summed E-state index contributed by atoms with van der Waals surface area (Å²) in [5.41, 5.74) is 2.59. The number of H-pyrrole nitrogens is 1. The van der Waals surface area contributed by atoms with Gasteiger partial charge in [0.05, 0.1) is 0 Å². The van der Waals surface area contributed by atoms with E-state index in [9.17, 15) is 0 Å². The Morgan fingerprint density at radius 1 is 1.32 bits per heavy atom. The molecule has 0 saturated heterocycles. The molecular weight excluding hydrogens is 256 g/mol. The molecule has 0 saturated carbocycles. The van der Waals surface area contributed by atoms with Gasteiger partial charge in [-0.15, -0.1) is 0 Å². The van der Waals surface area contributed by atoms with Crippen LogP contribution in [0.15, 0.2) is 30.5 Å². The number of benzene rings is 1. The van der Waals surface area contributed by atoms with E-state index < -0.39 is 0 Å². The number of para-hydroxylation sites is 1. The van der Waals surface area contributed by atoms with Crippen molar-refractivity contribution in [2.45, 2.75) is 19.8 Å². The van der Waals surface area contributed by atoms with Crippen LogP contribution in [0, 0.1) is 6.92 Å². The van der Waals surface area contributed by atoms with Crippen LogP contribution in [0.3, 0.4) is 0 Å². The third-order valence-corrected chi connectivity index (χ3v) is 3.87. The average Bonchev–Trinajstić information content (AvgIpc) is 3.02. The number of hydrogen-bond donors (Lipinski definition) is 2. The van der Waals surface area contributed by atoms with Gasteiger partial charge in [0.2, 0.25) is 5.13 Å². The van der Waals surface area contributed by atoms with Gasteiger partial charge in [-0.1, -0.05) is 18.2 Å². The summed E-state index contributed by atoms with van der Waals surface area (Å²) >= 11 is 1.42. The molecule has 5 heteroatoms. The molecule has 98 valence electrons. The van der Waals surface area contributed by atoms with Crippen LogP contribution in [0.2, 0.25) is 0 Å². The monoisotopic (exact) mass is 272 g/mol. The van der Waals surface area contributed by atoms with Gasteiger partial charge in [0.1, 0.15) is 5.82 Å². The zero-order valence-corrected chi connectivity index (χ0v) is 11.6. The van der Waals surface area contributed by atoms with Crippen molar-refractivity contribution in [2.75, 3.05) is 11.9 Å². The van der Waals surface area contributed by atoms with Crippen LogP contribution >= 0.6 is 11.5 Å². The lowest BCUT2D eigenvalue weighted by Gasteiger charge is -2.01. The molecule has 1 aromatic carbocycles. The Hall–Kier alpha value is -1.88. The fourth-order valence-electron chi connectivity index (χ4n) is 2.18. The SMILES string of the molecule is Cc1nsc(NCCCc2c[nH]c3ccccc23)n1. The van der Waals surface area contributed by atoms with E-state index >= 15 is 0 Å². The maximum atomic E-state index is 4.29. The zero-order chi connectivity index (χ0) is 13.1. The highest BCUT2D eigenvalue weighted by Gasteiger charge is 2.03. The molecule has 0 amide bonds. The predicted octanol–water partition coefficient (Wildman–Crippen LogP) is 3.37. The second-order valence-corrected chi connectivity index (χ2v) is 5.29. The van der Waals surface area contributed by atoms with Crippen molar-refractivity contribution in [3.8, 4) is 0 Å². The number of fused-ring (bicyclic) bond motifs is 1. The molecular formula is C14H16N4S. The molecule has 0 fully saturated rings. The summed E-state index contributed by atoms with van der Waals surface area (Å²) in [5, 5.41) is 5.55. The topological polar surface area (TPSA) is 53.6 Å². The van der Waals surface area contributed by atoms with Gasteiger partial charge in [-0.3, -0.25) is 0 Å². The Kier molecular flexibility index (Phi) is 3.46. The van der Waals surface area contributed by atoms with Gasteiger partial charge >= 0.3 is 0 Å². The van der Waals surface area contributed by atoms with Crippen molar-refractivity contribution >= 4 is 27.6 Å². The number of nitrogens with zero attached hydrogens (tertiary/aromatic N) is 2. The smallest absolute Gasteiger partial charge is 0.202 e. The van der Waals surface area contributed by atoms with Crippen LogP contribution in [-0.2, 0) is 6.42 Å². The van der Waals surface area contributed by atoms with Crippen molar-refractivity contribution in [3.05, 3.63) is 41.9 Å². The highest BCUT2D eigenvalue weighted by atomic mass is 32.1. The minimum absolute atomic E-state index is 0.837. The third kappa shape index (κ3) is 2.76. The fourth-order valence-corrected chi connectivity index (χ4v) is 2.78. The van der Waals surface area contributed by atoms with E-state index in [1.54, 1.807) is 0 Å². The van der Waals surface area contributed by atoms with Crippen LogP contribution in [0.4, 0.5) is 5.13 Å². The lowest BCUT2D eigenvalue weighted by Crippen LogP contribution is -2.02. The molecule has 19 heavy (non-hydrogen) atoms. The summed E-state index contributed by atoms with van der Waals surface area (Å²) in [5.74, 6) is 0.837. The average molecular weight is 272 g/mol. The van der Waals surface area contributed by atoms with Crippen LogP contribution in [0.25, 0.3) is 10.9 Å². The van der Waals surface area contributed by atoms with Gasteiger partial charge < -0.3 is 10.3 Å². The van der Waals surface area contributed by atoms with Crippen molar-refractivity contribution in [1.29, 1.82) is 0 Å². The number of rotatable bonds is 5. The van der Waals surface area contributed by atoms with E-state index in [1.165, 1.54) is 28.0 Å². The normalized spacial score (nSPS) is 11.0. The minimum Gasteiger partial charge on any atom is -0.361 e. The number of hydrogen-bond acceptors (Lipinski definition) is 4. The second kappa shape index (κ2) is 5.40. The molecule has 4 nitrogen and oxygen atoms in total. The lowest BCUT2D eigenvalue weighted by atomic mass is 10.1.